The van der Waals surface area contributed by atoms with Crippen molar-refractivity contribution < 1.29 is 18.0 Å². The molecule has 0 saturated heterocycles. The fourth-order valence-corrected chi connectivity index (χ4v) is 2.57. The third-order valence-electron chi connectivity index (χ3n) is 3.68. The smallest absolute Gasteiger partial charge is 0.294 e. The van der Waals surface area contributed by atoms with E-state index in [-0.39, 0.29) is 5.78 Å². The fraction of sp³-hybridized carbons (Fsp3) is 0.333. The first-order valence-electron chi connectivity index (χ1n) is 6.74. The molecule has 0 fully saturated rings. The maximum atomic E-state index is 12.6. The van der Waals surface area contributed by atoms with Crippen molar-refractivity contribution in [2.45, 2.75) is 31.9 Å². The van der Waals surface area contributed by atoms with E-state index in [1.807, 2.05) is 0 Å². The van der Waals surface area contributed by atoms with Gasteiger partial charge in [-0.3, -0.25) is 4.79 Å². The number of hydrogen-bond acceptors (Lipinski definition) is 2. The Kier molecular flexibility index (Phi) is 3.31. The van der Waals surface area contributed by atoms with E-state index in [0.717, 1.165) is 30.7 Å². The fourth-order valence-electron chi connectivity index (χ4n) is 2.57. The summed E-state index contributed by atoms with van der Waals surface area (Å²) in [5.74, 6) is 0.0562. The van der Waals surface area contributed by atoms with Crippen LogP contribution >= 0.6 is 0 Å². The molecule has 0 saturated carbocycles. The molecule has 1 heterocycles. The van der Waals surface area contributed by atoms with E-state index in [4.69, 9.17) is 0 Å². The summed E-state index contributed by atoms with van der Waals surface area (Å²) in [4.78, 5) is 11.9. The number of Topliss-reactive ketones (excluding diaryl/α,β-unsaturated/α-hetero) is 1. The lowest BCUT2D eigenvalue weighted by Crippen LogP contribution is -2.07. The van der Waals surface area contributed by atoms with Crippen molar-refractivity contribution in [3.63, 3.8) is 0 Å². The van der Waals surface area contributed by atoms with E-state index >= 15 is 0 Å². The zero-order valence-electron chi connectivity index (χ0n) is 11.2. The number of alkyl halides is 3. The minimum absolute atomic E-state index is 0.0562. The Morgan fingerprint density at radius 3 is 2.38 bits per heavy atom. The molecule has 0 radical (unpaired) electrons. The standard InChI is InChI=1S/C15H13F3N2O/c16-15(17,18)10-5-7-11(8-6-10)20-13-3-1-2-4-14(21)12(13)9-19-20/h5-9H,1-4H2. The molecular weight excluding hydrogens is 281 g/mol. The average Bonchev–Trinajstić information content (AvgIpc) is 2.78. The van der Waals surface area contributed by atoms with E-state index in [1.165, 1.54) is 18.3 Å². The predicted octanol–water partition coefficient (Wildman–Crippen LogP) is 3.80. The van der Waals surface area contributed by atoms with Crippen LogP contribution in [0.5, 0.6) is 0 Å². The van der Waals surface area contributed by atoms with E-state index in [1.54, 1.807) is 4.68 Å². The minimum atomic E-state index is -4.35. The lowest BCUT2D eigenvalue weighted by molar-refractivity contribution is -0.137. The summed E-state index contributed by atoms with van der Waals surface area (Å²) in [6.45, 7) is 0. The second-order valence-electron chi connectivity index (χ2n) is 5.09. The molecule has 0 spiro atoms. The topological polar surface area (TPSA) is 34.9 Å². The number of fused-ring (bicyclic) bond motifs is 1. The van der Waals surface area contributed by atoms with Gasteiger partial charge in [0, 0.05) is 6.42 Å². The van der Waals surface area contributed by atoms with Gasteiger partial charge >= 0.3 is 6.18 Å². The average molecular weight is 294 g/mol. The highest BCUT2D eigenvalue weighted by molar-refractivity contribution is 5.97. The molecule has 3 rings (SSSR count). The van der Waals surface area contributed by atoms with Crippen LogP contribution in [-0.2, 0) is 12.6 Å². The number of carbonyl (C=O) groups is 1. The van der Waals surface area contributed by atoms with Crippen LogP contribution in [0.1, 0.15) is 40.9 Å². The molecule has 0 N–H and O–H groups in total. The monoisotopic (exact) mass is 294 g/mol. The quantitative estimate of drug-likeness (QED) is 0.750. The van der Waals surface area contributed by atoms with Crippen molar-refractivity contribution in [1.29, 1.82) is 0 Å². The Bertz CT molecular complexity index is 671. The molecule has 0 atom stereocenters. The normalized spacial score (nSPS) is 15.7. The van der Waals surface area contributed by atoms with Crippen molar-refractivity contribution in [1.82, 2.24) is 9.78 Å². The van der Waals surface area contributed by atoms with Crippen molar-refractivity contribution in [2.24, 2.45) is 0 Å². The van der Waals surface area contributed by atoms with Gasteiger partial charge in [0.15, 0.2) is 5.78 Å². The van der Waals surface area contributed by atoms with Crippen molar-refractivity contribution in [3.05, 3.63) is 47.3 Å². The summed E-state index contributed by atoms with van der Waals surface area (Å²) < 4.78 is 39.3. The zero-order chi connectivity index (χ0) is 15.0. The Hall–Kier alpha value is -2.11. The lowest BCUT2D eigenvalue weighted by atomic mass is 10.1. The molecule has 6 heteroatoms. The SMILES string of the molecule is O=C1CCCCc2c1cnn2-c1ccc(C(F)(F)F)cc1. The second kappa shape index (κ2) is 5.02. The molecule has 1 aromatic carbocycles. The van der Waals surface area contributed by atoms with Gasteiger partial charge in [0.2, 0.25) is 0 Å². The van der Waals surface area contributed by atoms with Gasteiger partial charge in [-0.05, 0) is 43.5 Å². The number of rotatable bonds is 1. The van der Waals surface area contributed by atoms with Crippen molar-refractivity contribution >= 4 is 5.78 Å². The van der Waals surface area contributed by atoms with Crippen molar-refractivity contribution in [2.75, 3.05) is 0 Å². The Morgan fingerprint density at radius 2 is 1.71 bits per heavy atom. The Labute approximate surface area is 119 Å². The molecular formula is C15H13F3N2O. The number of ketones is 1. The number of carbonyl (C=O) groups excluding carboxylic acids is 1. The molecule has 2 aromatic rings. The number of halogens is 3. The van der Waals surface area contributed by atoms with E-state index in [9.17, 15) is 18.0 Å². The van der Waals surface area contributed by atoms with Gasteiger partial charge < -0.3 is 0 Å². The summed E-state index contributed by atoms with van der Waals surface area (Å²) in [5, 5.41) is 4.17. The van der Waals surface area contributed by atoms with Crippen LogP contribution in [0.15, 0.2) is 30.5 Å². The maximum Gasteiger partial charge on any atom is 0.416 e. The third kappa shape index (κ3) is 2.57. The van der Waals surface area contributed by atoms with Gasteiger partial charge in [-0.2, -0.15) is 18.3 Å². The first-order valence-corrected chi connectivity index (χ1v) is 6.74. The molecule has 0 unspecified atom stereocenters. The lowest BCUT2D eigenvalue weighted by Gasteiger charge is -2.10. The minimum Gasteiger partial charge on any atom is -0.294 e. The van der Waals surface area contributed by atoms with Crippen LogP contribution in [-0.4, -0.2) is 15.6 Å². The van der Waals surface area contributed by atoms with E-state index in [0.29, 0.717) is 24.1 Å². The predicted molar refractivity (Wildman–Crippen MR) is 70.5 cm³/mol. The second-order valence-corrected chi connectivity index (χ2v) is 5.09. The first kappa shape index (κ1) is 13.9. The molecule has 0 bridgehead atoms. The van der Waals surface area contributed by atoms with Crippen LogP contribution in [0.25, 0.3) is 5.69 Å². The Morgan fingerprint density at radius 1 is 1.05 bits per heavy atom. The number of hydrogen-bond donors (Lipinski definition) is 0. The van der Waals surface area contributed by atoms with Crippen LogP contribution in [0.4, 0.5) is 13.2 Å². The number of benzene rings is 1. The largest absolute Gasteiger partial charge is 0.416 e. The van der Waals surface area contributed by atoms with Crippen LogP contribution in [0, 0.1) is 0 Å². The summed E-state index contributed by atoms with van der Waals surface area (Å²) in [6.07, 6.45) is 0.0928. The highest BCUT2D eigenvalue weighted by atomic mass is 19.4. The molecule has 110 valence electrons. The number of nitrogens with zero attached hydrogens (tertiary/aromatic N) is 2. The molecule has 0 aliphatic heterocycles. The van der Waals surface area contributed by atoms with Gasteiger partial charge in [0.1, 0.15) is 0 Å². The molecule has 0 amide bonds. The third-order valence-corrected chi connectivity index (χ3v) is 3.68. The summed E-state index contributed by atoms with van der Waals surface area (Å²) in [7, 11) is 0. The molecule has 1 aromatic heterocycles. The van der Waals surface area contributed by atoms with Crippen LogP contribution < -0.4 is 0 Å². The van der Waals surface area contributed by atoms with E-state index < -0.39 is 11.7 Å². The van der Waals surface area contributed by atoms with Crippen LogP contribution in [0.2, 0.25) is 0 Å². The van der Waals surface area contributed by atoms with Crippen LogP contribution in [0.3, 0.4) is 0 Å². The molecule has 21 heavy (non-hydrogen) atoms. The van der Waals surface area contributed by atoms with Crippen molar-refractivity contribution in [3.8, 4) is 5.69 Å². The number of aromatic nitrogens is 2. The zero-order valence-corrected chi connectivity index (χ0v) is 11.2. The first-order chi connectivity index (χ1) is 9.97. The van der Waals surface area contributed by atoms with Gasteiger partial charge in [-0.25, -0.2) is 4.68 Å². The molecule has 1 aliphatic carbocycles. The van der Waals surface area contributed by atoms with E-state index in [2.05, 4.69) is 5.10 Å². The highest BCUT2D eigenvalue weighted by Gasteiger charge is 2.30. The summed E-state index contributed by atoms with van der Waals surface area (Å²) >= 11 is 0. The maximum absolute atomic E-state index is 12.6. The summed E-state index contributed by atoms with van der Waals surface area (Å²) in [6, 6.07) is 4.82. The van der Waals surface area contributed by atoms with Gasteiger partial charge in [0.05, 0.1) is 28.7 Å². The highest BCUT2D eigenvalue weighted by Crippen LogP contribution is 2.30. The van der Waals surface area contributed by atoms with Gasteiger partial charge in [-0.1, -0.05) is 0 Å². The Balaban J connectivity index is 2.00. The van der Waals surface area contributed by atoms with Gasteiger partial charge in [0.25, 0.3) is 0 Å². The van der Waals surface area contributed by atoms with Gasteiger partial charge in [-0.15, -0.1) is 0 Å². The molecule has 1 aliphatic rings. The summed E-state index contributed by atoms with van der Waals surface area (Å²) in [5.41, 5.74) is 1.23. The molecule has 3 nitrogen and oxygen atoms in total.